The average molecular weight is 234 g/mol. The highest BCUT2D eigenvalue weighted by molar-refractivity contribution is 9.10. The molecule has 0 saturated carbocycles. The summed E-state index contributed by atoms with van der Waals surface area (Å²) in [6, 6.07) is 0. The highest BCUT2D eigenvalue weighted by Gasteiger charge is 2.13. The quantitative estimate of drug-likeness (QED) is 0.640. The molecule has 1 aliphatic heterocycles. The molecule has 1 rings (SSSR count). The van der Waals surface area contributed by atoms with Gasteiger partial charge in [-0.2, -0.15) is 0 Å². The maximum atomic E-state index is 11.3. The van der Waals surface area contributed by atoms with Crippen LogP contribution in [0.15, 0.2) is 0 Å². The molecule has 1 fully saturated rings. The van der Waals surface area contributed by atoms with E-state index in [1.165, 1.54) is 25.7 Å². The average Bonchev–Trinajstić information content (AvgIpc) is 2.08. The number of hydrogen-bond acceptors (Lipinski definition) is 1. The Morgan fingerprint density at radius 3 is 2.67 bits per heavy atom. The smallest absolute Gasteiger partial charge is 0.233 e. The van der Waals surface area contributed by atoms with Crippen molar-refractivity contribution >= 4 is 21.8 Å². The van der Waals surface area contributed by atoms with E-state index < -0.39 is 0 Å². The first-order chi connectivity index (χ1) is 5.80. The second-order valence-electron chi connectivity index (χ2n) is 3.32. The molecule has 12 heavy (non-hydrogen) atoms. The maximum Gasteiger partial charge on any atom is 0.233 e. The molecule has 2 nitrogen and oxygen atoms in total. The normalized spacial score (nSPS) is 27.8. The van der Waals surface area contributed by atoms with E-state index in [2.05, 4.69) is 21.2 Å². The summed E-state index contributed by atoms with van der Waals surface area (Å²) in [5.74, 6) is 0.164. The SMILES string of the molecule is O=C1NCCCCCCCC1Br. The molecular formula is C9H16BrNO. The predicted molar refractivity (Wildman–Crippen MR) is 53.4 cm³/mol. The number of nitrogens with one attached hydrogen (secondary N) is 1. The van der Waals surface area contributed by atoms with Crippen molar-refractivity contribution < 1.29 is 4.79 Å². The molecule has 0 spiro atoms. The van der Waals surface area contributed by atoms with Gasteiger partial charge in [0, 0.05) is 6.54 Å². The Labute approximate surface area is 82.2 Å². The first-order valence-corrected chi connectivity index (χ1v) is 5.64. The fraction of sp³-hybridized carbons (Fsp3) is 0.889. The largest absolute Gasteiger partial charge is 0.355 e. The number of carbonyl (C=O) groups is 1. The highest BCUT2D eigenvalue weighted by atomic mass is 79.9. The summed E-state index contributed by atoms with van der Waals surface area (Å²) in [4.78, 5) is 11.3. The van der Waals surface area contributed by atoms with Gasteiger partial charge in [0.15, 0.2) is 0 Å². The van der Waals surface area contributed by atoms with E-state index in [1.54, 1.807) is 0 Å². The Morgan fingerprint density at radius 2 is 1.83 bits per heavy atom. The summed E-state index contributed by atoms with van der Waals surface area (Å²) in [5, 5.41) is 2.92. The molecule has 1 aliphatic rings. The molecule has 0 aromatic rings. The van der Waals surface area contributed by atoms with Crippen LogP contribution in [0.25, 0.3) is 0 Å². The van der Waals surface area contributed by atoms with Crippen molar-refractivity contribution in [2.24, 2.45) is 0 Å². The van der Waals surface area contributed by atoms with Gasteiger partial charge < -0.3 is 5.32 Å². The lowest BCUT2D eigenvalue weighted by atomic mass is 10.1. The predicted octanol–water partition coefficient (Wildman–Crippen LogP) is 2.22. The van der Waals surface area contributed by atoms with Crippen molar-refractivity contribution in [1.82, 2.24) is 5.32 Å². The maximum absolute atomic E-state index is 11.3. The van der Waals surface area contributed by atoms with Crippen LogP contribution in [0.3, 0.4) is 0 Å². The third-order valence-electron chi connectivity index (χ3n) is 2.22. The van der Waals surface area contributed by atoms with E-state index in [4.69, 9.17) is 0 Å². The zero-order valence-corrected chi connectivity index (χ0v) is 8.90. The molecule has 0 bridgehead atoms. The Kier molecular flexibility index (Phi) is 4.66. The van der Waals surface area contributed by atoms with Gasteiger partial charge in [0.05, 0.1) is 4.83 Å². The van der Waals surface area contributed by atoms with Gasteiger partial charge in [0.1, 0.15) is 0 Å². The molecular weight excluding hydrogens is 218 g/mol. The number of hydrogen-bond donors (Lipinski definition) is 1. The summed E-state index contributed by atoms with van der Waals surface area (Å²) in [6.07, 6.45) is 7.12. The molecule has 1 unspecified atom stereocenters. The zero-order chi connectivity index (χ0) is 8.81. The lowest BCUT2D eigenvalue weighted by Gasteiger charge is -2.12. The van der Waals surface area contributed by atoms with Crippen LogP contribution in [0.1, 0.15) is 38.5 Å². The Bertz CT molecular complexity index is 149. The number of alkyl halides is 1. The van der Waals surface area contributed by atoms with Crippen LogP contribution in [0.2, 0.25) is 0 Å². The van der Waals surface area contributed by atoms with E-state index >= 15 is 0 Å². The minimum absolute atomic E-state index is 0.0376. The van der Waals surface area contributed by atoms with Crippen LogP contribution < -0.4 is 5.32 Å². The summed E-state index contributed by atoms with van der Waals surface area (Å²) < 4.78 is 0. The van der Waals surface area contributed by atoms with Gasteiger partial charge in [-0.25, -0.2) is 0 Å². The molecule has 3 heteroatoms. The fourth-order valence-corrected chi connectivity index (χ4v) is 1.92. The number of amides is 1. The molecule has 1 heterocycles. The lowest BCUT2D eigenvalue weighted by Crippen LogP contribution is -2.32. The van der Waals surface area contributed by atoms with Gasteiger partial charge in [-0.15, -0.1) is 0 Å². The van der Waals surface area contributed by atoms with Crippen LogP contribution in [-0.2, 0) is 4.79 Å². The minimum atomic E-state index is 0.0376. The van der Waals surface area contributed by atoms with Crippen molar-refractivity contribution in [3.05, 3.63) is 0 Å². The molecule has 70 valence electrons. The van der Waals surface area contributed by atoms with E-state index in [0.717, 1.165) is 19.4 Å². The number of carbonyl (C=O) groups excluding carboxylic acids is 1. The first-order valence-electron chi connectivity index (χ1n) is 4.72. The Morgan fingerprint density at radius 1 is 1.17 bits per heavy atom. The van der Waals surface area contributed by atoms with Gasteiger partial charge in [0.2, 0.25) is 5.91 Å². The van der Waals surface area contributed by atoms with E-state index in [0.29, 0.717) is 0 Å². The Balaban J connectivity index is 2.31. The molecule has 1 saturated heterocycles. The summed E-state index contributed by atoms with van der Waals surface area (Å²) >= 11 is 3.39. The first kappa shape index (κ1) is 10.0. The monoisotopic (exact) mass is 233 g/mol. The number of rotatable bonds is 0. The van der Waals surface area contributed by atoms with Gasteiger partial charge in [-0.1, -0.05) is 41.6 Å². The molecule has 1 amide bonds. The van der Waals surface area contributed by atoms with Crippen molar-refractivity contribution in [2.45, 2.75) is 43.4 Å². The molecule has 0 aromatic heterocycles. The van der Waals surface area contributed by atoms with Crippen LogP contribution in [-0.4, -0.2) is 17.3 Å². The van der Waals surface area contributed by atoms with Gasteiger partial charge in [-0.3, -0.25) is 4.79 Å². The topological polar surface area (TPSA) is 29.1 Å². The van der Waals surface area contributed by atoms with Crippen molar-refractivity contribution in [3.8, 4) is 0 Å². The van der Waals surface area contributed by atoms with Crippen molar-refractivity contribution in [1.29, 1.82) is 0 Å². The van der Waals surface area contributed by atoms with Crippen LogP contribution in [0.5, 0.6) is 0 Å². The summed E-state index contributed by atoms with van der Waals surface area (Å²) in [7, 11) is 0. The van der Waals surface area contributed by atoms with Gasteiger partial charge in [-0.05, 0) is 12.8 Å². The lowest BCUT2D eigenvalue weighted by molar-refractivity contribution is -0.120. The molecule has 1 atom stereocenters. The van der Waals surface area contributed by atoms with Gasteiger partial charge in [0.25, 0.3) is 0 Å². The standard InChI is InChI=1S/C9H16BrNO/c10-8-6-4-2-1-3-5-7-11-9(8)12/h8H,1-7H2,(H,11,12). The number of halogens is 1. The van der Waals surface area contributed by atoms with Crippen LogP contribution in [0.4, 0.5) is 0 Å². The molecule has 1 N–H and O–H groups in total. The second-order valence-corrected chi connectivity index (χ2v) is 4.42. The fourth-order valence-electron chi connectivity index (χ4n) is 1.43. The van der Waals surface area contributed by atoms with Crippen LogP contribution >= 0.6 is 15.9 Å². The third-order valence-corrected chi connectivity index (χ3v) is 3.09. The summed E-state index contributed by atoms with van der Waals surface area (Å²) in [5.41, 5.74) is 0. The summed E-state index contributed by atoms with van der Waals surface area (Å²) in [6.45, 7) is 0.848. The van der Waals surface area contributed by atoms with E-state index in [9.17, 15) is 4.79 Å². The molecule has 0 aliphatic carbocycles. The zero-order valence-electron chi connectivity index (χ0n) is 7.31. The van der Waals surface area contributed by atoms with Gasteiger partial charge >= 0.3 is 0 Å². The minimum Gasteiger partial charge on any atom is -0.355 e. The Hall–Kier alpha value is -0.0500. The van der Waals surface area contributed by atoms with Crippen molar-refractivity contribution in [3.63, 3.8) is 0 Å². The highest BCUT2D eigenvalue weighted by Crippen LogP contribution is 2.14. The van der Waals surface area contributed by atoms with E-state index in [-0.39, 0.29) is 10.7 Å². The second kappa shape index (κ2) is 5.57. The van der Waals surface area contributed by atoms with Crippen LogP contribution in [0, 0.1) is 0 Å². The third kappa shape index (κ3) is 3.57. The van der Waals surface area contributed by atoms with E-state index in [1.807, 2.05) is 0 Å². The molecule has 0 radical (unpaired) electrons. The van der Waals surface area contributed by atoms with Crippen molar-refractivity contribution in [2.75, 3.05) is 6.54 Å². The molecule has 0 aromatic carbocycles.